The Bertz CT molecular complexity index is 1300. The average Bonchev–Trinajstić information content (AvgIpc) is 3.03. The number of anilines is 1. The smallest absolute Gasteiger partial charge is 0.211 e. The van der Waals surface area contributed by atoms with E-state index in [1.165, 1.54) is 54.6 Å². The van der Waals surface area contributed by atoms with Crippen LogP contribution in [0, 0.1) is 20.8 Å². The first-order chi connectivity index (χ1) is 14.5. The van der Waals surface area contributed by atoms with E-state index in [0.29, 0.717) is 0 Å². The predicted octanol–water partition coefficient (Wildman–Crippen LogP) is 6.58. The van der Waals surface area contributed by atoms with Crippen molar-refractivity contribution in [2.45, 2.75) is 25.7 Å². The summed E-state index contributed by atoms with van der Waals surface area (Å²) in [6, 6.07) is 26.3. The minimum atomic E-state index is 1.22. The summed E-state index contributed by atoms with van der Waals surface area (Å²) in [5, 5.41) is 3.86. The second-order valence-electron chi connectivity index (χ2n) is 8.02. The van der Waals surface area contributed by atoms with Crippen molar-refractivity contribution in [3.8, 4) is 5.69 Å². The molecule has 0 bridgehead atoms. The Hall–Kier alpha value is -3.04. The van der Waals surface area contributed by atoms with E-state index < -0.39 is 0 Å². The monoisotopic (exact) mass is 409 g/mol. The molecule has 1 aliphatic heterocycles. The fourth-order valence-electron chi connectivity index (χ4n) is 4.41. The molecule has 0 atom stereocenters. The Morgan fingerprint density at radius 2 is 1.60 bits per heavy atom. The average molecular weight is 410 g/mol. The van der Waals surface area contributed by atoms with E-state index >= 15 is 0 Å². The van der Waals surface area contributed by atoms with E-state index in [1.807, 2.05) is 11.8 Å². The summed E-state index contributed by atoms with van der Waals surface area (Å²) in [5.41, 5.74) is 7.51. The molecular weight excluding hydrogens is 384 g/mol. The van der Waals surface area contributed by atoms with Crippen LogP contribution in [0.2, 0.25) is 0 Å². The van der Waals surface area contributed by atoms with Crippen LogP contribution in [0.4, 0.5) is 5.69 Å². The molecule has 5 rings (SSSR count). The molecule has 148 valence electrons. The van der Waals surface area contributed by atoms with Crippen molar-refractivity contribution >= 4 is 34.3 Å². The number of hydrogen-bond donors (Lipinski definition) is 0. The third-order valence-electron chi connectivity index (χ3n) is 5.75. The maximum absolute atomic E-state index is 2.33. The zero-order valence-electron chi connectivity index (χ0n) is 17.8. The minimum Gasteiger partial charge on any atom is -0.338 e. The Morgan fingerprint density at radius 1 is 0.833 bits per heavy atom. The van der Waals surface area contributed by atoms with Gasteiger partial charge in [-0.1, -0.05) is 54.2 Å². The van der Waals surface area contributed by atoms with Gasteiger partial charge in [-0.05, 0) is 35.6 Å². The zero-order chi connectivity index (χ0) is 20.8. The molecule has 0 saturated carbocycles. The van der Waals surface area contributed by atoms with Crippen molar-refractivity contribution in [3.63, 3.8) is 0 Å². The first kappa shape index (κ1) is 19.0. The van der Waals surface area contributed by atoms with Crippen molar-refractivity contribution in [2.75, 3.05) is 11.9 Å². The molecule has 3 heteroatoms. The maximum atomic E-state index is 2.33. The van der Waals surface area contributed by atoms with Crippen molar-refractivity contribution in [1.82, 2.24) is 0 Å². The van der Waals surface area contributed by atoms with Crippen molar-refractivity contribution < 1.29 is 4.57 Å². The van der Waals surface area contributed by atoms with Gasteiger partial charge in [0.05, 0.1) is 10.7 Å². The van der Waals surface area contributed by atoms with Crippen molar-refractivity contribution in [1.29, 1.82) is 0 Å². The zero-order valence-corrected chi connectivity index (χ0v) is 18.6. The molecule has 4 aromatic rings. The van der Waals surface area contributed by atoms with E-state index in [-0.39, 0.29) is 0 Å². The summed E-state index contributed by atoms with van der Waals surface area (Å²) >= 11 is 1.85. The SMILES string of the molecule is Cc1cccc(-[n+]2c(C)cc(C=C3Sc4ccc5ccccc5c4N3C)cc2C)c1. The fourth-order valence-corrected chi connectivity index (χ4v) is 5.54. The standard InChI is InChI=1S/C27H25N2S/c1-18-8-7-10-23(14-18)29-19(2)15-21(16-20(29)3)17-26-28(4)27-24-11-6-5-9-22(24)12-13-25(27)30-26/h5-17H,1-4H3/q+1. The Labute approximate surface area is 182 Å². The van der Waals surface area contributed by atoms with Crippen LogP contribution in [0.1, 0.15) is 22.5 Å². The molecule has 2 heterocycles. The fraction of sp³-hybridized carbons (Fsp3) is 0.148. The van der Waals surface area contributed by atoms with Crippen LogP contribution in [0.3, 0.4) is 0 Å². The molecule has 0 radical (unpaired) electrons. The molecule has 0 saturated heterocycles. The molecule has 1 aliphatic rings. The number of pyridine rings is 1. The number of benzene rings is 3. The second-order valence-corrected chi connectivity index (χ2v) is 9.09. The molecule has 0 fully saturated rings. The lowest BCUT2D eigenvalue weighted by Gasteiger charge is -2.16. The highest BCUT2D eigenvalue weighted by Gasteiger charge is 2.24. The van der Waals surface area contributed by atoms with Crippen LogP contribution < -0.4 is 9.47 Å². The number of aromatic nitrogens is 1. The second kappa shape index (κ2) is 7.33. The molecule has 2 nitrogen and oxygen atoms in total. The number of aryl methyl sites for hydroxylation is 3. The first-order valence-corrected chi connectivity index (χ1v) is 11.1. The van der Waals surface area contributed by atoms with Gasteiger partial charge in [-0.15, -0.1) is 0 Å². The van der Waals surface area contributed by atoms with Gasteiger partial charge in [0.15, 0.2) is 11.4 Å². The molecule has 1 aromatic heterocycles. The molecule has 0 N–H and O–H groups in total. The van der Waals surface area contributed by atoms with Crippen molar-refractivity contribution in [2.24, 2.45) is 0 Å². The van der Waals surface area contributed by atoms with Crippen LogP contribution in [0.5, 0.6) is 0 Å². The summed E-state index contributed by atoms with van der Waals surface area (Å²) in [6.07, 6.45) is 2.31. The molecule has 0 spiro atoms. The van der Waals surface area contributed by atoms with Gasteiger partial charge >= 0.3 is 0 Å². The topological polar surface area (TPSA) is 7.12 Å². The van der Waals surface area contributed by atoms with E-state index in [2.05, 4.69) is 116 Å². The van der Waals surface area contributed by atoms with Crippen LogP contribution in [-0.4, -0.2) is 7.05 Å². The number of fused-ring (bicyclic) bond motifs is 3. The Kier molecular flexibility index (Phi) is 4.63. The number of nitrogens with zero attached hydrogens (tertiary/aromatic N) is 2. The predicted molar refractivity (Wildman–Crippen MR) is 128 cm³/mol. The van der Waals surface area contributed by atoms with Gasteiger partial charge in [0, 0.05) is 55.4 Å². The summed E-state index contributed by atoms with van der Waals surface area (Å²) in [7, 11) is 2.17. The highest BCUT2D eigenvalue weighted by molar-refractivity contribution is 8.04. The van der Waals surface area contributed by atoms with Gasteiger partial charge in [-0.3, -0.25) is 0 Å². The summed E-state index contributed by atoms with van der Waals surface area (Å²) < 4.78 is 2.32. The van der Waals surface area contributed by atoms with Gasteiger partial charge in [0.25, 0.3) is 0 Å². The Morgan fingerprint density at radius 3 is 2.37 bits per heavy atom. The van der Waals surface area contributed by atoms with Crippen LogP contribution in [0.15, 0.2) is 82.7 Å². The first-order valence-electron chi connectivity index (χ1n) is 10.3. The summed E-state index contributed by atoms with van der Waals surface area (Å²) in [4.78, 5) is 3.65. The van der Waals surface area contributed by atoms with Gasteiger partial charge in [-0.25, -0.2) is 0 Å². The van der Waals surface area contributed by atoms with Gasteiger partial charge in [0.1, 0.15) is 0 Å². The highest BCUT2D eigenvalue weighted by atomic mass is 32.2. The van der Waals surface area contributed by atoms with E-state index in [4.69, 9.17) is 0 Å². The normalized spacial score (nSPS) is 14.5. The molecule has 3 aromatic carbocycles. The maximum Gasteiger partial charge on any atom is 0.211 e. The van der Waals surface area contributed by atoms with Crippen molar-refractivity contribution in [3.05, 3.63) is 100 Å². The van der Waals surface area contributed by atoms with Crippen LogP contribution in [0.25, 0.3) is 22.5 Å². The number of rotatable bonds is 2. The third-order valence-corrected chi connectivity index (χ3v) is 6.90. The molecular formula is C27H25N2S+. The third kappa shape index (κ3) is 3.20. The van der Waals surface area contributed by atoms with Crippen LogP contribution in [-0.2, 0) is 0 Å². The quantitative estimate of drug-likeness (QED) is 0.345. The lowest BCUT2D eigenvalue weighted by Crippen LogP contribution is -2.37. The summed E-state index contributed by atoms with van der Waals surface area (Å²) in [5.74, 6) is 0. The van der Waals surface area contributed by atoms with Gasteiger partial charge in [-0.2, -0.15) is 4.57 Å². The molecule has 0 amide bonds. The molecule has 30 heavy (non-hydrogen) atoms. The number of hydrogen-bond acceptors (Lipinski definition) is 2. The largest absolute Gasteiger partial charge is 0.338 e. The van der Waals surface area contributed by atoms with E-state index in [9.17, 15) is 0 Å². The van der Waals surface area contributed by atoms with Gasteiger partial charge in [0.2, 0.25) is 5.69 Å². The van der Waals surface area contributed by atoms with Gasteiger partial charge < -0.3 is 4.90 Å². The van der Waals surface area contributed by atoms with Crippen LogP contribution >= 0.6 is 11.8 Å². The molecule has 0 unspecified atom stereocenters. The number of thioether (sulfide) groups is 1. The lowest BCUT2D eigenvalue weighted by atomic mass is 10.1. The minimum absolute atomic E-state index is 1.22. The van der Waals surface area contributed by atoms with E-state index in [1.54, 1.807) is 0 Å². The Balaban J connectivity index is 1.55. The summed E-state index contributed by atoms with van der Waals surface area (Å²) in [6.45, 7) is 6.51. The van der Waals surface area contributed by atoms with E-state index in [0.717, 1.165) is 0 Å². The molecule has 0 aliphatic carbocycles. The lowest BCUT2D eigenvalue weighted by molar-refractivity contribution is -0.609. The highest BCUT2D eigenvalue weighted by Crippen LogP contribution is 2.49.